The second-order valence-corrected chi connectivity index (χ2v) is 3.33. The lowest BCUT2D eigenvalue weighted by atomic mass is 10.2. The zero-order chi connectivity index (χ0) is 9.84. The van der Waals surface area contributed by atoms with E-state index in [1.807, 2.05) is 0 Å². The van der Waals surface area contributed by atoms with Crippen molar-refractivity contribution in [2.45, 2.75) is 38.3 Å². The Morgan fingerprint density at radius 1 is 1.69 bits per heavy atom. The number of hydrogen-bond acceptors (Lipinski definition) is 2. The molecule has 0 aromatic rings. The lowest BCUT2D eigenvalue weighted by molar-refractivity contribution is -0.119. The molecule has 1 fully saturated rings. The molecule has 1 heterocycles. The van der Waals surface area contributed by atoms with Crippen LogP contribution in [-0.2, 0) is 4.79 Å². The fourth-order valence-electron chi connectivity index (χ4n) is 1.25. The molecule has 13 heavy (non-hydrogen) atoms. The first-order chi connectivity index (χ1) is 6.09. The Morgan fingerprint density at radius 2 is 2.38 bits per heavy atom. The summed E-state index contributed by atoms with van der Waals surface area (Å²) in [7, 11) is 0. The molecule has 2 N–H and O–H groups in total. The molecule has 0 spiro atoms. The summed E-state index contributed by atoms with van der Waals surface area (Å²) < 4.78 is 24.1. The van der Waals surface area contributed by atoms with Crippen molar-refractivity contribution in [2.75, 3.05) is 6.54 Å². The van der Waals surface area contributed by atoms with Gasteiger partial charge in [0.1, 0.15) is 0 Å². The van der Waals surface area contributed by atoms with E-state index in [1.165, 1.54) is 6.92 Å². The van der Waals surface area contributed by atoms with Crippen molar-refractivity contribution in [1.29, 1.82) is 0 Å². The van der Waals surface area contributed by atoms with Crippen molar-refractivity contribution in [1.82, 2.24) is 10.6 Å². The average Bonchev–Trinajstić information content (AvgIpc) is 2.47. The number of amides is 1. The largest absolute Gasteiger partial charge is 0.352 e. The molecule has 1 rings (SSSR count). The highest BCUT2D eigenvalue weighted by Gasteiger charge is 2.22. The number of halogens is 2. The SMILES string of the molecule is CC(NCC1CCC(=O)N1)C(F)F. The molecule has 0 saturated carbocycles. The lowest BCUT2D eigenvalue weighted by Gasteiger charge is -2.16. The fourth-order valence-corrected chi connectivity index (χ4v) is 1.25. The van der Waals surface area contributed by atoms with Crippen LogP contribution in [0.25, 0.3) is 0 Å². The maximum atomic E-state index is 12.0. The molecule has 0 aliphatic carbocycles. The van der Waals surface area contributed by atoms with Gasteiger partial charge in [-0.1, -0.05) is 0 Å². The van der Waals surface area contributed by atoms with Crippen LogP contribution < -0.4 is 10.6 Å². The van der Waals surface area contributed by atoms with E-state index in [1.54, 1.807) is 0 Å². The standard InChI is InChI=1S/C8H14F2N2O/c1-5(8(9)10)11-4-6-2-3-7(13)12-6/h5-6,8,11H,2-4H2,1H3,(H,12,13). The Balaban J connectivity index is 2.16. The van der Waals surface area contributed by atoms with Crippen molar-refractivity contribution >= 4 is 5.91 Å². The third-order valence-corrected chi connectivity index (χ3v) is 2.15. The van der Waals surface area contributed by atoms with Crippen molar-refractivity contribution in [3.8, 4) is 0 Å². The zero-order valence-electron chi connectivity index (χ0n) is 7.52. The molecule has 5 heteroatoms. The summed E-state index contributed by atoms with van der Waals surface area (Å²) in [4.78, 5) is 10.7. The molecular weight excluding hydrogens is 178 g/mol. The Morgan fingerprint density at radius 3 is 2.85 bits per heavy atom. The number of hydrogen-bond donors (Lipinski definition) is 2. The molecule has 0 aromatic heterocycles. The maximum absolute atomic E-state index is 12.0. The van der Waals surface area contributed by atoms with Crippen LogP contribution >= 0.6 is 0 Å². The minimum Gasteiger partial charge on any atom is -0.352 e. The molecule has 2 unspecified atom stereocenters. The topological polar surface area (TPSA) is 41.1 Å². The van der Waals surface area contributed by atoms with Gasteiger partial charge in [0.15, 0.2) is 0 Å². The summed E-state index contributed by atoms with van der Waals surface area (Å²) in [6, 6.07) is -0.786. The summed E-state index contributed by atoms with van der Waals surface area (Å²) in [5.74, 6) is 0.0106. The first-order valence-corrected chi connectivity index (χ1v) is 4.40. The van der Waals surface area contributed by atoms with Gasteiger partial charge in [0.05, 0.1) is 6.04 Å². The van der Waals surface area contributed by atoms with Crippen LogP contribution in [0.3, 0.4) is 0 Å². The van der Waals surface area contributed by atoms with Crippen molar-refractivity contribution < 1.29 is 13.6 Å². The summed E-state index contributed by atoms with van der Waals surface area (Å²) in [6.45, 7) is 1.86. The van der Waals surface area contributed by atoms with Crippen molar-refractivity contribution in [3.63, 3.8) is 0 Å². The van der Waals surface area contributed by atoms with E-state index in [4.69, 9.17) is 0 Å². The second kappa shape index (κ2) is 4.50. The van der Waals surface area contributed by atoms with Gasteiger partial charge in [0.2, 0.25) is 5.91 Å². The first-order valence-electron chi connectivity index (χ1n) is 4.40. The van der Waals surface area contributed by atoms with Crippen LogP contribution in [0.5, 0.6) is 0 Å². The smallest absolute Gasteiger partial charge is 0.253 e. The van der Waals surface area contributed by atoms with Gasteiger partial charge < -0.3 is 10.6 Å². The second-order valence-electron chi connectivity index (χ2n) is 3.33. The predicted molar refractivity (Wildman–Crippen MR) is 44.6 cm³/mol. The van der Waals surface area contributed by atoms with Gasteiger partial charge in [0, 0.05) is 19.0 Å². The van der Waals surface area contributed by atoms with Gasteiger partial charge >= 0.3 is 0 Å². The van der Waals surface area contributed by atoms with E-state index >= 15 is 0 Å². The zero-order valence-corrected chi connectivity index (χ0v) is 7.52. The Hall–Kier alpha value is -0.710. The van der Waals surface area contributed by atoms with Crippen LogP contribution in [0, 0.1) is 0 Å². The van der Waals surface area contributed by atoms with Crippen molar-refractivity contribution in [2.24, 2.45) is 0 Å². The number of nitrogens with one attached hydrogen (secondary N) is 2. The number of rotatable bonds is 4. The average molecular weight is 192 g/mol. The monoisotopic (exact) mass is 192 g/mol. The minimum absolute atomic E-state index is 0.0106. The Kier molecular flexibility index (Phi) is 3.59. The van der Waals surface area contributed by atoms with Crippen LogP contribution in [0.1, 0.15) is 19.8 Å². The predicted octanol–water partition coefficient (Wildman–Crippen LogP) is 0.508. The molecule has 0 aromatic carbocycles. The van der Waals surface area contributed by atoms with E-state index in [9.17, 15) is 13.6 Å². The highest BCUT2D eigenvalue weighted by molar-refractivity contribution is 5.78. The van der Waals surface area contributed by atoms with Crippen LogP contribution in [0.2, 0.25) is 0 Å². The summed E-state index contributed by atoms with van der Waals surface area (Å²) in [6.07, 6.45) is -1.10. The normalized spacial score (nSPS) is 24.9. The molecule has 76 valence electrons. The highest BCUT2D eigenvalue weighted by Crippen LogP contribution is 2.06. The van der Waals surface area contributed by atoms with E-state index in [-0.39, 0.29) is 11.9 Å². The molecule has 1 aliphatic heterocycles. The molecule has 1 aliphatic rings. The van der Waals surface area contributed by atoms with E-state index in [2.05, 4.69) is 10.6 Å². The Labute approximate surface area is 75.9 Å². The van der Waals surface area contributed by atoms with E-state index in [0.717, 1.165) is 6.42 Å². The Bertz CT molecular complexity index is 187. The van der Waals surface area contributed by atoms with Crippen LogP contribution in [0.15, 0.2) is 0 Å². The molecule has 0 bridgehead atoms. The minimum atomic E-state index is -2.35. The quantitative estimate of drug-likeness (QED) is 0.681. The van der Waals surface area contributed by atoms with Gasteiger partial charge in [-0.15, -0.1) is 0 Å². The van der Waals surface area contributed by atoms with Gasteiger partial charge in [0.25, 0.3) is 6.43 Å². The molecule has 0 radical (unpaired) electrons. The first kappa shape index (κ1) is 10.4. The third-order valence-electron chi connectivity index (χ3n) is 2.15. The summed E-state index contributed by atoms with van der Waals surface area (Å²) in [5, 5.41) is 5.38. The summed E-state index contributed by atoms with van der Waals surface area (Å²) in [5.41, 5.74) is 0. The molecule has 3 nitrogen and oxygen atoms in total. The van der Waals surface area contributed by atoms with Crippen LogP contribution in [-0.4, -0.2) is 31.0 Å². The lowest BCUT2D eigenvalue weighted by Crippen LogP contribution is -2.42. The molecule has 1 amide bonds. The van der Waals surface area contributed by atoms with Gasteiger partial charge in [-0.3, -0.25) is 4.79 Å². The third kappa shape index (κ3) is 3.26. The molecule has 1 saturated heterocycles. The van der Waals surface area contributed by atoms with Gasteiger partial charge in [-0.25, -0.2) is 8.78 Å². The molecule has 2 atom stereocenters. The van der Waals surface area contributed by atoms with Gasteiger partial charge in [-0.2, -0.15) is 0 Å². The van der Waals surface area contributed by atoms with Crippen LogP contribution in [0.4, 0.5) is 8.78 Å². The number of carbonyl (C=O) groups is 1. The highest BCUT2D eigenvalue weighted by atomic mass is 19.3. The number of carbonyl (C=O) groups excluding carboxylic acids is 1. The van der Waals surface area contributed by atoms with E-state index < -0.39 is 12.5 Å². The molecular formula is C8H14F2N2O. The van der Waals surface area contributed by atoms with Gasteiger partial charge in [-0.05, 0) is 13.3 Å². The van der Waals surface area contributed by atoms with Crippen molar-refractivity contribution in [3.05, 3.63) is 0 Å². The maximum Gasteiger partial charge on any atom is 0.253 e. The fraction of sp³-hybridized carbons (Fsp3) is 0.875. The summed E-state index contributed by atoms with van der Waals surface area (Å²) >= 11 is 0. The van der Waals surface area contributed by atoms with E-state index in [0.29, 0.717) is 13.0 Å². The number of alkyl halides is 2.